The van der Waals surface area contributed by atoms with Crippen molar-refractivity contribution in [2.45, 2.75) is 12.0 Å². The summed E-state index contributed by atoms with van der Waals surface area (Å²) in [5, 5.41) is 2.12. The van der Waals surface area contributed by atoms with Gasteiger partial charge in [-0.15, -0.1) is 0 Å². The van der Waals surface area contributed by atoms with Crippen LogP contribution in [-0.4, -0.2) is 18.6 Å². The van der Waals surface area contributed by atoms with E-state index in [1.807, 2.05) is 0 Å². The lowest BCUT2D eigenvalue weighted by molar-refractivity contribution is -0.104. The van der Waals surface area contributed by atoms with Crippen LogP contribution in [0.1, 0.15) is 11.6 Å². The van der Waals surface area contributed by atoms with Crippen molar-refractivity contribution in [2.75, 3.05) is 6.61 Å². The number of ether oxygens (including phenoxy) is 1. The molecule has 1 aromatic rings. The molecule has 0 aliphatic carbocycles. The summed E-state index contributed by atoms with van der Waals surface area (Å²) in [7, 11) is 0. The lowest BCUT2D eigenvalue weighted by Crippen LogP contribution is -2.49. The summed E-state index contributed by atoms with van der Waals surface area (Å²) in [6, 6.07) is 5.10. The van der Waals surface area contributed by atoms with E-state index in [4.69, 9.17) is 0 Å². The fourth-order valence-electron chi connectivity index (χ4n) is 1.52. The summed E-state index contributed by atoms with van der Waals surface area (Å²) in [6.07, 6.45) is -0.823. The number of benzene rings is 1. The fourth-order valence-corrected chi connectivity index (χ4v) is 1.94. The van der Waals surface area contributed by atoms with Gasteiger partial charge in [0.25, 0.3) is 0 Å². The van der Waals surface area contributed by atoms with Crippen molar-refractivity contribution < 1.29 is 18.3 Å². The number of nitrogens with one attached hydrogen (secondary N) is 1. The van der Waals surface area contributed by atoms with Gasteiger partial charge in [-0.05, 0) is 17.7 Å². The zero-order chi connectivity index (χ0) is 11.8. The van der Waals surface area contributed by atoms with Gasteiger partial charge in [0.05, 0.1) is 0 Å². The van der Waals surface area contributed by atoms with Gasteiger partial charge in [0.15, 0.2) is 6.61 Å². The van der Waals surface area contributed by atoms with E-state index >= 15 is 0 Å². The second kappa shape index (κ2) is 4.01. The minimum absolute atomic E-state index is 0.344. The van der Waals surface area contributed by atoms with E-state index in [9.17, 15) is 13.6 Å². The molecule has 0 radical (unpaired) electrons. The molecule has 1 atom stereocenters. The molecule has 1 amide bonds. The molecule has 0 unspecified atom stereocenters. The number of carbonyl (C=O) groups excluding carboxylic acids is 1. The Morgan fingerprint density at radius 2 is 2.25 bits per heavy atom. The van der Waals surface area contributed by atoms with Crippen LogP contribution in [0.4, 0.5) is 13.6 Å². The molecule has 1 aliphatic heterocycles. The fraction of sp³-hybridized carbons (Fsp3) is 0.300. The Kier molecular flexibility index (Phi) is 2.84. The van der Waals surface area contributed by atoms with E-state index in [1.165, 1.54) is 6.07 Å². The first-order chi connectivity index (χ1) is 7.49. The summed E-state index contributed by atoms with van der Waals surface area (Å²) in [4.78, 5) is 10.9. The highest BCUT2D eigenvalue weighted by Crippen LogP contribution is 2.35. The third kappa shape index (κ3) is 2.16. The minimum atomic E-state index is -3.10. The van der Waals surface area contributed by atoms with Gasteiger partial charge < -0.3 is 10.1 Å². The average molecular weight is 292 g/mol. The van der Waals surface area contributed by atoms with E-state index in [-0.39, 0.29) is 0 Å². The number of carbonyl (C=O) groups is 1. The molecular formula is C10H8BrF2NO2. The highest BCUT2D eigenvalue weighted by molar-refractivity contribution is 9.10. The predicted octanol–water partition coefficient (Wildman–Crippen LogP) is 2.87. The number of cyclic esters (lactones) is 1. The van der Waals surface area contributed by atoms with Gasteiger partial charge in [0.2, 0.25) is 0 Å². The Morgan fingerprint density at radius 3 is 2.94 bits per heavy atom. The maximum Gasteiger partial charge on any atom is 0.408 e. The normalized spacial score (nSPS) is 23.4. The number of halogens is 3. The van der Waals surface area contributed by atoms with Crippen LogP contribution in [0.15, 0.2) is 28.7 Å². The van der Waals surface area contributed by atoms with Crippen LogP contribution in [0.25, 0.3) is 0 Å². The molecule has 3 nitrogen and oxygen atoms in total. The molecular weight excluding hydrogens is 284 g/mol. The van der Waals surface area contributed by atoms with Crippen LogP contribution in [0.3, 0.4) is 0 Å². The van der Waals surface area contributed by atoms with Crippen molar-refractivity contribution in [3.8, 4) is 0 Å². The highest BCUT2D eigenvalue weighted by Gasteiger charge is 2.46. The van der Waals surface area contributed by atoms with Crippen LogP contribution in [0.5, 0.6) is 0 Å². The second-order valence-corrected chi connectivity index (χ2v) is 4.39. The molecule has 0 aromatic heterocycles. The van der Waals surface area contributed by atoms with Crippen LogP contribution in [-0.2, 0) is 4.74 Å². The molecule has 1 saturated heterocycles. The van der Waals surface area contributed by atoms with Crippen molar-refractivity contribution in [2.24, 2.45) is 0 Å². The Balaban J connectivity index is 2.33. The maximum absolute atomic E-state index is 13.5. The number of alkyl halides is 2. The Labute approximate surface area is 98.9 Å². The number of amides is 1. The van der Waals surface area contributed by atoms with Gasteiger partial charge in [-0.2, -0.15) is 0 Å². The maximum atomic E-state index is 13.5. The van der Waals surface area contributed by atoms with Crippen molar-refractivity contribution >= 4 is 22.0 Å². The molecule has 0 spiro atoms. The van der Waals surface area contributed by atoms with Gasteiger partial charge in [0.1, 0.15) is 6.04 Å². The monoisotopic (exact) mass is 291 g/mol. The molecule has 1 heterocycles. The molecule has 1 N–H and O–H groups in total. The first-order valence-corrected chi connectivity index (χ1v) is 5.35. The topological polar surface area (TPSA) is 38.3 Å². The van der Waals surface area contributed by atoms with Gasteiger partial charge >= 0.3 is 12.0 Å². The summed E-state index contributed by atoms with van der Waals surface area (Å²) >= 11 is 3.19. The zero-order valence-corrected chi connectivity index (χ0v) is 9.63. The smallest absolute Gasteiger partial charge is 0.408 e. The summed E-state index contributed by atoms with van der Waals surface area (Å²) < 4.78 is 32.0. The second-order valence-electron chi connectivity index (χ2n) is 3.47. The number of rotatable bonds is 1. The molecule has 0 bridgehead atoms. The standard InChI is InChI=1S/C10H8BrF2NO2/c11-7-3-1-2-6(4-7)8-10(12,13)5-16-9(15)14-8/h1-4,8H,5H2,(H,14,15)/t8-/m0/s1. The van der Waals surface area contributed by atoms with Crippen LogP contribution in [0, 0.1) is 0 Å². The molecule has 6 heteroatoms. The predicted molar refractivity (Wildman–Crippen MR) is 56.3 cm³/mol. The zero-order valence-electron chi connectivity index (χ0n) is 8.04. The molecule has 0 saturated carbocycles. The first kappa shape index (κ1) is 11.3. The molecule has 2 rings (SSSR count). The van der Waals surface area contributed by atoms with Crippen molar-refractivity contribution in [1.29, 1.82) is 0 Å². The van der Waals surface area contributed by atoms with E-state index in [0.717, 1.165) is 0 Å². The van der Waals surface area contributed by atoms with E-state index in [2.05, 4.69) is 26.0 Å². The third-order valence-corrected chi connectivity index (χ3v) is 2.76. The average Bonchev–Trinajstić information content (AvgIpc) is 2.22. The van der Waals surface area contributed by atoms with Crippen molar-refractivity contribution in [3.63, 3.8) is 0 Å². The molecule has 16 heavy (non-hydrogen) atoms. The van der Waals surface area contributed by atoms with E-state index < -0.39 is 24.7 Å². The Hall–Kier alpha value is -1.17. The van der Waals surface area contributed by atoms with Gasteiger partial charge in [-0.1, -0.05) is 28.1 Å². The van der Waals surface area contributed by atoms with Gasteiger partial charge in [0, 0.05) is 4.47 Å². The molecule has 86 valence electrons. The third-order valence-electron chi connectivity index (χ3n) is 2.26. The number of alkyl carbamates (subject to hydrolysis) is 1. The lowest BCUT2D eigenvalue weighted by Gasteiger charge is -2.31. The van der Waals surface area contributed by atoms with E-state index in [0.29, 0.717) is 10.0 Å². The Bertz CT molecular complexity index is 425. The number of hydrogen-bond acceptors (Lipinski definition) is 2. The van der Waals surface area contributed by atoms with Crippen LogP contribution >= 0.6 is 15.9 Å². The summed E-state index contributed by atoms with van der Waals surface area (Å²) in [6.45, 7) is -0.893. The van der Waals surface area contributed by atoms with Gasteiger partial charge in [-0.3, -0.25) is 0 Å². The Morgan fingerprint density at radius 1 is 1.50 bits per heavy atom. The first-order valence-electron chi connectivity index (χ1n) is 4.55. The molecule has 1 aromatic carbocycles. The molecule has 1 aliphatic rings. The summed E-state index contributed by atoms with van der Waals surface area (Å²) in [5.41, 5.74) is 0.344. The molecule has 1 fully saturated rings. The summed E-state index contributed by atoms with van der Waals surface area (Å²) in [5.74, 6) is -3.10. The quantitative estimate of drug-likeness (QED) is 0.864. The van der Waals surface area contributed by atoms with Crippen molar-refractivity contribution in [3.05, 3.63) is 34.3 Å². The van der Waals surface area contributed by atoms with Crippen LogP contribution < -0.4 is 5.32 Å². The SMILES string of the molecule is O=C1N[C@@H](c2cccc(Br)c2)C(F)(F)CO1. The minimum Gasteiger partial charge on any atom is -0.443 e. The highest BCUT2D eigenvalue weighted by atomic mass is 79.9. The van der Waals surface area contributed by atoms with Crippen LogP contribution in [0.2, 0.25) is 0 Å². The van der Waals surface area contributed by atoms with Gasteiger partial charge in [-0.25, -0.2) is 13.6 Å². The van der Waals surface area contributed by atoms with E-state index in [1.54, 1.807) is 18.2 Å². The number of hydrogen-bond donors (Lipinski definition) is 1. The lowest BCUT2D eigenvalue weighted by atomic mass is 10.0. The van der Waals surface area contributed by atoms with Crippen molar-refractivity contribution in [1.82, 2.24) is 5.32 Å². The largest absolute Gasteiger partial charge is 0.443 e.